The van der Waals surface area contributed by atoms with Crippen LogP contribution >= 0.6 is 23.2 Å². The Morgan fingerprint density at radius 3 is 2.44 bits per heavy atom. The van der Waals surface area contributed by atoms with Crippen LogP contribution in [0.2, 0.25) is 10.0 Å². The molecule has 0 heterocycles. The van der Waals surface area contributed by atoms with Crippen LogP contribution in [0.4, 0.5) is 5.69 Å². The van der Waals surface area contributed by atoms with Gasteiger partial charge in [0.15, 0.2) is 6.61 Å². The molecule has 0 aliphatic heterocycles. The molecule has 3 rings (SSSR count). The minimum absolute atomic E-state index is 0.215. The molecule has 6 heteroatoms. The normalized spacial score (nSPS) is 11.7. The number of aliphatic hydroxyl groups excluding tert-OH is 1. The quantitative estimate of drug-likeness (QED) is 0.604. The first-order valence-corrected chi connectivity index (χ1v) is 9.00. The van der Waals surface area contributed by atoms with Crippen molar-refractivity contribution >= 4 is 34.8 Å². The first-order valence-electron chi connectivity index (χ1n) is 8.24. The van der Waals surface area contributed by atoms with E-state index in [0.717, 1.165) is 0 Å². The highest BCUT2D eigenvalue weighted by molar-refractivity contribution is 6.32. The zero-order valence-electron chi connectivity index (χ0n) is 14.2. The van der Waals surface area contributed by atoms with Gasteiger partial charge in [0.1, 0.15) is 11.9 Å². The SMILES string of the molecule is O=C(COc1ccccc1Cl)Nc1ccc(Cl)cc1[C@H](O)c1ccccc1. The number of benzene rings is 3. The van der Waals surface area contributed by atoms with Crippen molar-refractivity contribution in [3.8, 4) is 5.75 Å². The first kappa shape index (κ1) is 19.2. The lowest BCUT2D eigenvalue weighted by atomic mass is 10.00. The fourth-order valence-electron chi connectivity index (χ4n) is 2.58. The first-order chi connectivity index (χ1) is 13.0. The van der Waals surface area contributed by atoms with E-state index in [1.165, 1.54) is 0 Å². The van der Waals surface area contributed by atoms with Crippen LogP contribution in [0.1, 0.15) is 17.2 Å². The molecule has 2 N–H and O–H groups in total. The van der Waals surface area contributed by atoms with E-state index in [9.17, 15) is 9.90 Å². The minimum atomic E-state index is -0.926. The third-order valence-corrected chi connectivity index (χ3v) is 4.44. The van der Waals surface area contributed by atoms with Crippen LogP contribution in [-0.4, -0.2) is 17.6 Å². The Balaban J connectivity index is 1.75. The summed E-state index contributed by atoms with van der Waals surface area (Å²) in [6, 6.07) is 21.0. The summed E-state index contributed by atoms with van der Waals surface area (Å²) < 4.78 is 5.45. The molecule has 0 aromatic heterocycles. The molecular weight excluding hydrogens is 385 g/mol. The van der Waals surface area contributed by atoms with Gasteiger partial charge in [-0.25, -0.2) is 0 Å². The predicted octanol–water partition coefficient (Wildman–Crippen LogP) is 5.09. The van der Waals surface area contributed by atoms with E-state index < -0.39 is 6.10 Å². The molecule has 0 fully saturated rings. The van der Waals surface area contributed by atoms with E-state index >= 15 is 0 Å². The summed E-state index contributed by atoms with van der Waals surface area (Å²) in [5.41, 5.74) is 1.66. The summed E-state index contributed by atoms with van der Waals surface area (Å²) in [6.07, 6.45) is -0.926. The van der Waals surface area contributed by atoms with Crippen LogP contribution in [-0.2, 0) is 4.79 Å². The maximum Gasteiger partial charge on any atom is 0.262 e. The van der Waals surface area contributed by atoms with Crippen LogP contribution in [0, 0.1) is 0 Å². The molecule has 0 unspecified atom stereocenters. The van der Waals surface area contributed by atoms with E-state index in [0.29, 0.717) is 32.6 Å². The summed E-state index contributed by atoms with van der Waals surface area (Å²) in [6.45, 7) is -0.215. The van der Waals surface area contributed by atoms with Crippen molar-refractivity contribution in [2.45, 2.75) is 6.10 Å². The third-order valence-electron chi connectivity index (χ3n) is 3.89. The summed E-state index contributed by atoms with van der Waals surface area (Å²) in [4.78, 5) is 12.3. The average Bonchev–Trinajstić information content (AvgIpc) is 2.69. The molecule has 0 spiro atoms. The highest BCUT2D eigenvalue weighted by Crippen LogP contribution is 2.31. The molecular formula is C21H17Cl2NO3. The second-order valence-electron chi connectivity index (χ2n) is 5.81. The lowest BCUT2D eigenvalue weighted by Crippen LogP contribution is -2.21. The molecule has 1 amide bonds. The van der Waals surface area contributed by atoms with Crippen molar-refractivity contribution in [2.24, 2.45) is 0 Å². The molecule has 0 saturated carbocycles. The van der Waals surface area contributed by atoms with Crippen molar-refractivity contribution in [1.29, 1.82) is 0 Å². The number of hydrogen-bond acceptors (Lipinski definition) is 3. The molecule has 0 aliphatic carbocycles. The van der Waals surface area contributed by atoms with Gasteiger partial charge >= 0.3 is 0 Å². The maximum atomic E-state index is 12.3. The number of rotatable bonds is 6. The fourth-order valence-corrected chi connectivity index (χ4v) is 2.95. The predicted molar refractivity (Wildman–Crippen MR) is 108 cm³/mol. The van der Waals surface area contributed by atoms with Gasteiger partial charge in [0, 0.05) is 16.3 Å². The molecule has 3 aromatic carbocycles. The molecule has 0 bridgehead atoms. The summed E-state index contributed by atoms with van der Waals surface area (Å²) >= 11 is 12.1. The summed E-state index contributed by atoms with van der Waals surface area (Å²) in [5.74, 6) is 0.0497. The number of ether oxygens (including phenoxy) is 1. The van der Waals surface area contributed by atoms with Crippen LogP contribution in [0.25, 0.3) is 0 Å². The maximum absolute atomic E-state index is 12.3. The Morgan fingerprint density at radius 1 is 1.00 bits per heavy atom. The van der Waals surface area contributed by atoms with Crippen molar-refractivity contribution in [3.63, 3.8) is 0 Å². The topological polar surface area (TPSA) is 58.6 Å². The fraction of sp³-hybridized carbons (Fsp3) is 0.0952. The van der Waals surface area contributed by atoms with E-state index in [1.54, 1.807) is 54.6 Å². The number of carbonyl (C=O) groups excluding carboxylic acids is 1. The molecule has 3 aromatic rings. The van der Waals surface area contributed by atoms with Crippen LogP contribution in [0.5, 0.6) is 5.75 Å². The number of aliphatic hydroxyl groups is 1. The Hall–Kier alpha value is -2.53. The molecule has 0 radical (unpaired) electrons. The van der Waals surface area contributed by atoms with Crippen LogP contribution < -0.4 is 10.1 Å². The number of para-hydroxylation sites is 1. The van der Waals surface area contributed by atoms with Crippen molar-refractivity contribution < 1.29 is 14.6 Å². The molecule has 0 aliphatic rings. The van der Waals surface area contributed by atoms with E-state index in [-0.39, 0.29) is 12.5 Å². The monoisotopic (exact) mass is 401 g/mol. The molecule has 27 heavy (non-hydrogen) atoms. The molecule has 0 saturated heterocycles. The largest absolute Gasteiger partial charge is 0.482 e. The van der Waals surface area contributed by atoms with E-state index in [1.807, 2.05) is 18.2 Å². The number of nitrogens with one attached hydrogen (secondary N) is 1. The third kappa shape index (κ3) is 5.01. The summed E-state index contributed by atoms with van der Waals surface area (Å²) in [5, 5.41) is 14.3. The lowest BCUT2D eigenvalue weighted by Gasteiger charge is -2.17. The Morgan fingerprint density at radius 2 is 1.70 bits per heavy atom. The minimum Gasteiger partial charge on any atom is -0.482 e. The van der Waals surface area contributed by atoms with Gasteiger partial charge in [-0.05, 0) is 35.9 Å². The van der Waals surface area contributed by atoms with Crippen molar-refractivity contribution in [2.75, 3.05) is 11.9 Å². The Kier molecular flexibility index (Phi) is 6.35. The smallest absolute Gasteiger partial charge is 0.262 e. The summed E-state index contributed by atoms with van der Waals surface area (Å²) in [7, 11) is 0. The van der Waals surface area contributed by atoms with Crippen molar-refractivity contribution in [3.05, 3.63) is 94.0 Å². The number of halogens is 2. The number of amides is 1. The van der Waals surface area contributed by atoms with Gasteiger partial charge in [0.2, 0.25) is 0 Å². The number of hydrogen-bond donors (Lipinski definition) is 2. The lowest BCUT2D eigenvalue weighted by molar-refractivity contribution is -0.118. The molecule has 1 atom stereocenters. The van der Waals surface area contributed by atoms with E-state index in [4.69, 9.17) is 27.9 Å². The van der Waals surface area contributed by atoms with Crippen LogP contribution in [0.3, 0.4) is 0 Å². The van der Waals surface area contributed by atoms with Crippen LogP contribution in [0.15, 0.2) is 72.8 Å². The number of anilines is 1. The Labute approximate surface area is 167 Å². The zero-order valence-corrected chi connectivity index (χ0v) is 15.7. The van der Waals surface area contributed by atoms with E-state index in [2.05, 4.69) is 5.32 Å². The zero-order chi connectivity index (χ0) is 19.2. The molecule has 138 valence electrons. The van der Waals surface area contributed by atoms with Crippen molar-refractivity contribution in [1.82, 2.24) is 0 Å². The van der Waals surface area contributed by atoms with Gasteiger partial charge in [-0.1, -0.05) is 65.7 Å². The second kappa shape index (κ2) is 8.91. The van der Waals surface area contributed by atoms with Gasteiger partial charge < -0.3 is 15.2 Å². The highest BCUT2D eigenvalue weighted by Gasteiger charge is 2.17. The van der Waals surface area contributed by atoms with Gasteiger partial charge in [-0.2, -0.15) is 0 Å². The Bertz CT molecular complexity index is 932. The van der Waals surface area contributed by atoms with Gasteiger partial charge in [0.05, 0.1) is 5.02 Å². The average molecular weight is 402 g/mol. The second-order valence-corrected chi connectivity index (χ2v) is 6.66. The highest BCUT2D eigenvalue weighted by atomic mass is 35.5. The molecule has 4 nitrogen and oxygen atoms in total. The standard InChI is InChI=1S/C21H17Cl2NO3/c22-15-10-11-18(16(12-15)21(26)14-6-2-1-3-7-14)24-20(25)13-27-19-9-5-4-8-17(19)23/h1-12,21,26H,13H2,(H,24,25)/t21-/m1/s1. The van der Waals surface area contributed by atoms with Gasteiger partial charge in [-0.3, -0.25) is 4.79 Å². The number of carbonyl (C=O) groups is 1. The van der Waals surface area contributed by atoms with Gasteiger partial charge in [0.25, 0.3) is 5.91 Å². The van der Waals surface area contributed by atoms with Gasteiger partial charge in [-0.15, -0.1) is 0 Å².